The average molecular weight is 440 g/mol. The van der Waals surface area contributed by atoms with Gasteiger partial charge in [0.05, 0.1) is 18.9 Å². The van der Waals surface area contributed by atoms with Crippen LogP contribution >= 0.6 is 0 Å². The molecular formula is C22H25FN6O3. The third kappa shape index (κ3) is 4.86. The summed E-state index contributed by atoms with van der Waals surface area (Å²) in [4.78, 5) is 25.3. The maximum Gasteiger partial charge on any atom is 0.411 e. The summed E-state index contributed by atoms with van der Waals surface area (Å²) in [7, 11) is 1.79. The molecule has 1 aliphatic rings. The molecule has 4 rings (SSSR count). The highest BCUT2D eigenvalue weighted by Gasteiger charge is 2.36. The van der Waals surface area contributed by atoms with Gasteiger partial charge in [0.1, 0.15) is 17.1 Å². The Kier molecular flexibility index (Phi) is 6.04. The molecule has 0 atom stereocenters. The van der Waals surface area contributed by atoms with Crippen molar-refractivity contribution in [2.24, 2.45) is 7.05 Å². The second kappa shape index (κ2) is 8.91. The Labute approximate surface area is 184 Å². The summed E-state index contributed by atoms with van der Waals surface area (Å²) in [5, 5.41) is 21.4. The van der Waals surface area contributed by atoms with Crippen LogP contribution in [-0.2, 0) is 13.5 Å². The minimum atomic E-state index is -1.57. The Morgan fingerprint density at radius 1 is 1.31 bits per heavy atom. The lowest BCUT2D eigenvalue weighted by molar-refractivity contribution is 0.119. The molecule has 1 fully saturated rings. The predicted molar refractivity (Wildman–Crippen MR) is 117 cm³/mol. The fourth-order valence-electron chi connectivity index (χ4n) is 3.85. The minimum absolute atomic E-state index is 0.214. The molecule has 1 aliphatic heterocycles. The second-order valence-electron chi connectivity index (χ2n) is 8.06. The quantitative estimate of drug-likeness (QED) is 0.609. The van der Waals surface area contributed by atoms with Gasteiger partial charge in [-0.15, -0.1) is 0 Å². The Hall–Kier alpha value is -3.53. The molecule has 2 aromatic heterocycles. The summed E-state index contributed by atoms with van der Waals surface area (Å²) < 4.78 is 18.4. The van der Waals surface area contributed by atoms with E-state index in [2.05, 4.69) is 15.5 Å². The molecule has 9 nitrogen and oxygen atoms in total. The van der Waals surface area contributed by atoms with Gasteiger partial charge >= 0.3 is 6.09 Å². The maximum atomic E-state index is 15.2. The van der Waals surface area contributed by atoms with E-state index in [0.29, 0.717) is 30.0 Å². The van der Waals surface area contributed by atoms with Crippen molar-refractivity contribution in [2.75, 3.05) is 24.5 Å². The molecular weight excluding hydrogens is 415 g/mol. The topological polar surface area (TPSA) is 105 Å². The van der Waals surface area contributed by atoms with Gasteiger partial charge in [0.2, 0.25) is 5.43 Å². The first-order chi connectivity index (χ1) is 15.3. The third-order valence-electron chi connectivity index (χ3n) is 5.60. The van der Waals surface area contributed by atoms with Crippen molar-refractivity contribution in [3.05, 3.63) is 70.4 Å². The van der Waals surface area contributed by atoms with Crippen LogP contribution in [0.5, 0.6) is 0 Å². The lowest BCUT2D eigenvalue weighted by Gasteiger charge is -2.34. The van der Waals surface area contributed by atoms with Crippen LogP contribution in [-0.4, -0.2) is 56.1 Å². The molecule has 2 N–H and O–H groups in total. The van der Waals surface area contributed by atoms with Crippen molar-refractivity contribution in [3.8, 4) is 5.69 Å². The molecule has 1 saturated heterocycles. The van der Waals surface area contributed by atoms with Gasteiger partial charge in [-0.05, 0) is 43.6 Å². The number of aryl methyl sites for hydroxylation is 1. The number of aromatic nitrogens is 4. The molecule has 3 heterocycles. The number of amides is 1. The molecule has 3 aromatic rings. The van der Waals surface area contributed by atoms with Crippen LogP contribution < -0.4 is 15.6 Å². The van der Waals surface area contributed by atoms with E-state index in [-0.39, 0.29) is 31.2 Å². The van der Waals surface area contributed by atoms with E-state index < -0.39 is 11.8 Å². The highest BCUT2D eigenvalue weighted by atomic mass is 19.1. The van der Waals surface area contributed by atoms with Gasteiger partial charge in [-0.1, -0.05) is 12.1 Å². The van der Waals surface area contributed by atoms with Gasteiger partial charge in [0.25, 0.3) is 0 Å². The summed E-state index contributed by atoms with van der Waals surface area (Å²) in [5.41, 5.74) is 0.320. The van der Waals surface area contributed by atoms with Gasteiger partial charge in [-0.2, -0.15) is 10.2 Å². The van der Waals surface area contributed by atoms with Crippen molar-refractivity contribution < 1.29 is 14.3 Å². The molecule has 10 heteroatoms. The SMILES string of the molecule is Cn1cc(-n2ccc(=O)c(Cc3cccc(N(CC4(F)CCNCC4)C(=O)O)c3)n2)cn1. The molecule has 0 saturated carbocycles. The first-order valence-corrected chi connectivity index (χ1v) is 10.4. The van der Waals surface area contributed by atoms with E-state index >= 15 is 4.39 Å². The number of anilines is 1. The largest absolute Gasteiger partial charge is 0.465 e. The van der Waals surface area contributed by atoms with Crippen molar-refractivity contribution >= 4 is 11.8 Å². The van der Waals surface area contributed by atoms with E-state index in [1.807, 2.05) is 0 Å². The summed E-state index contributed by atoms with van der Waals surface area (Å²) in [6.07, 6.45) is 4.52. The van der Waals surface area contributed by atoms with Gasteiger partial charge < -0.3 is 10.4 Å². The van der Waals surface area contributed by atoms with E-state index in [0.717, 1.165) is 10.6 Å². The average Bonchev–Trinajstić information content (AvgIpc) is 3.20. The molecule has 0 radical (unpaired) electrons. The number of carboxylic acid groups (broad SMARTS) is 1. The molecule has 0 aliphatic carbocycles. The van der Waals surface area contributed by atoms with Crippen molar-refractivity contribution in [1.82, 2.24) is 24.9 Å². The van der Waals surface area contributed by atoms with Crippen LogP contribution in [0.3, 0.4) is 0 Å². The van der Waals surface area contributed by atoms with Crippen LogP contribution in [0.15, 0.2) is 53.7 Å². The number of nitrogens with one attached hydrogen (secondary N) is 1. The maximum absolute atomic E-state index is 15.2. The van der Waals surface area contributed by atoms with E-state index in [1.165, 1.54) is 6.07 Å². The monoisotopic (exact) mass is 440 g/mol. The number of nitrogens with zero attached hydrogens (tertiary/aromatic N) is 5. The van der Waals surface area contributed by atoms with Crippen LogP contribution in [0.1, 0.15) is 24.1 Å². The van der Waals surface area contributed by atoms with E-state index in [4.69, 9.17) is 0 Å². The molecule has 168 valence electrons. The number of carbonyl (C=O) groups is 1. The fourth-order valence-corrected chi connectivity index (χ4v) is 3.85. The fraction of sp³-hybridized carbons (Fsp3) is 0.364. The van der Waals surface area contributed by atoms with E-state index in [9.17, 15) is 14.7 Å². The van der Waals surface area contributed by atoms with Crippen molar-refractivity contribution in [3.63, 3.8) is 0 Å². The van der Waals surface area contributed by atoms with Gasteiger partial charge in [-0.3, -0.25) is 14.4 Å². The summed E-state index contributed by atoms with van der Waals surface area (Å²) in [6, 6.07) is 8.24. The molecule has 0 spiro atoms. The first-order valence-electron chi connectivity index (χ1n) is 10.4. The van der Waals surface area contributed by atoms with E-state index in [1.54, 1.807) is 59.3 Å². The van der Waals surface area contributed by atoms with Crippen LogP contribution in [0.2, 0.25) is 0 Å². The number of rotatable bonds is 6. The first kappa shape index (κ1) is 21.7. The standard InChI is InChI=1S/C22H25FN6O3/c1-27-14-18(13-25-27)29-10-5-20(30)19(26-29)12-16-3-2-4-17(11-16)28(21(31)32)15-22(23)6-8-24-9-7-22/h2-5,10-11,13-14,24H,6-9,12,15H2,1H3,(H,31,32). The summed E-state index contributed by atoms with van der Waals surface area (Å²) >= 11 is 0. The zero-order valence-corrected chi connectivity index (χ0v) is 17.7. The van der Waals surface area contributed by atoms with Crippen LogP contribution in [0.25, 0.3) is 5.69 Å². The Bertz CT molecular complexity index is 1170. The Morgan fingerprint density at radius 2 is 2.09 bits per heavy atom. The minimum Gasteiger partial charge on any atom is -0.465 e. The number of alkyl halides is 1. The number of halogens is 1. The lowest BCUT2D eigenvalue weighted by atomic mass is 9.93. The molecule has 0 unspecified atom stereocenters. The van der Waals surface area contributed by atoms with Crippen LogP contribution in [0, 0.1) is 0 Å². The van der Waals surface area contributed by atoms with Gasteiger partial charge in [0, 0.05) is 31.4 Å². The van der Waals surface area contributed by atoms with Crippen LogP contribution in [0.4, 0.5) is 14.9 Å². The third-order valence-corrected chi connectivity index (χ3v) is 5.60. The molecule has 1 amide bonds. The van der Waals surface area contributed by atoms with Crippen molar-refractivity contribution in [2.45, 2.75) is 24.9 Å². The highest BCUT2D eigenvalue weighted by Crippen LogP contribution is 2.28. The van der Waals surface area contributed by atoms with Gasteiger partial charge in [-0.25, -0.2) is 13.9 Å². The number of benzene rings is 1. The zero-order valence-electron chi connectivity index (χ0n) is 17.7. The highest BCUT2D eigenvalue weighted by molar-refractivity contribution is 5.86. The molecule has 0 bridgehead atoms. The molecule has 32 heavy (non-hydrogen) atoms. The normalized spacial score (nSPS) is 15.4. The number of hydrogen-bond acceptors (Lipinski definition) is 5. The Morgan fingerprint density at radius 3 is 2.78 bits per heavy atom. The number of hydrogen-bond donors (Lipinski definition) is 2. The Balaban J connectivity index is 1.58. The van der Waals surface area contributed by atoms with Gasteiger partial charge in [0.15, 0.2) is 0 Å². The lowest BCUT2D eigenvalue weighted by Crippen LogP contribution is -2.48. The summed E-state index contributed by atoms with van der Waals surface area (Å²) in [6.45, 7) is 0.810. The predicted octanol–water partition coefficient (Wildman–Crippen LogP) is 2.13. The smallest absolute Gasteiger partial charge is 0.411 e. The number of piperidine rings is 1. The zero-order chi connectivity index (χ0) is 22.7. The summed E-state index contributed by atoms with van der Waals surface area (Å²) in [5.74, 6) is 0. The van der Waals surface area contributed by atoms with Crippen molar-refractivity contribution in [1.29, 1.82) is 0 Å². The second-order valence-corrected chi connectivity index (χ2v) is 8.06. The molecule has 1 aromatic carbocycles.